The van der Waals surface area contributed by atoms with Crippen molar-refractivity contribution in [1.82, 2.24) is 25.2 Å². The van der Waals surface area contributed by atoms with Gasteiger partial charge < -0.3 is 9.47 Å². The van der Waals surface area contributed by atoms with Crippen LogP contribution >= 0.6 is 11.3 Å². The van der Waals surface area contributed by atoms with Crippen molar-refractivity contribution in [3.05, 3.63) is 52.3 Å². The van der Waals surface area contributed by atoms with E-state index in [1.54, 1.807) is 6.20 Å². The molecule has 2 aromatic heterocycles. The summed E-state index contributed by atoms with van der Waals surface area (Å²) in [5.74, 6) is 0.133. The van der Waals surface area contributed by atoms with Gasteiger partial charge >= 0.3 is 0 Å². The van der Waals surface area contributed by atoms with Crippen LogP contribution in [0.15, 0.2) is 41.2 Å². The standard InChI is InChI=1S/C23H25N5O4S/c29-22-6-5-20(23(30)24-22)28-12-19(25-26-28)18-14-33-15-21(18)32-13-17-3-1-16(2-4-17)11-27-7-9-31-10-8-27/h1-4,12,14-15,20H,5-11,13H2,(H,24,29,30). The number of hydrogen-bond acceptors (Lipinski definition) is 8. The number of aromatic nitrogens is 3. The van der Waals surface area contributed by atoms with Gasteiger partial charge in [-0.2, -0.15) is 0 Å². The highest BCUT2D eigenvalue weighted by atomic mass is 32.1. The van der Waals surface area contributed by atoms with Crippen LogP contribution in [0.25, 0.3) is 11.3 Å². The molecule has 9 nitrogen and oxygen atoms in total. The Morgan fingerprint density at radius 2 is 1.91 bits per heavy atom. The van der Waals surface area contributed by atoms with E-state index in [9.17, 15) is 9.59 Å². The van der Waals surface area contributed by atoms with Crippen molar-refractivity contribution < 1.29 is 19.1 Å². The minimum atomic E-state index is -0.525. The van der Waals surface area contributed by atoms with Crippen molar-refractivity contribution in [1.29, 1.82) is 0 Å². The van der Waals surface area contributed by atoms with E-state index >= 15 is 0 Å². The summed E-state index contributed by atoms with van der Waals surface area (Å²) in [6.07, 6.45) is 2.45. The molecule has 0 aliphatic carbocycles. The Labute approximate surface area is 195 Å². The molecule has 2 aliphatic heterocycles. The zero-order valence-corrected chi connectivity index (χ0v) is 18.9. The van der Waals surface area contributed by atoms with Crippen LogP contribution in [0.2, 0.25) is 0 Å². The number of carbonyl (C=O) groups is 2. The number of ether oxygens (including phenoxy) is 2. The van der Waals surface area contributed by atoms with Crippen LogP contribution in [0.1, 0.15) is 30.0 Å². The quantitative estimate of drug-likeness (QED) is 0.533. The summed E-state index contributed by atoms with van der Waals surface area (Å²) in [5, 5.41) is 14.6. The molecule has 4 heterocycles. The maximum Gasteiger partial charge on any atom is 0.251 e. The first-order chi connectivity index (χ1) is 16.2. The van der Waals surface area contributed by atoms with Crippen molar-refractivity contribution in [3.8, 4) is 17.0 Å². The summed E-state index contributed by atoms with van der Waals surface area (Å²) in [7, 11) is 0. The van der Waals surface area contributed by atoms with E-state index in [0.717, 1.165) is 49.7 Å². The Balaban J connectivity index is 1.21. The maximum absolute atomic E-state index is 12.1. The first-order valence-electron chi connectivity index (χ1n) is 11.0. The lowest BCUT2D eigenvalue weighted by molar-refractivity contribution is -0.136. The van der Waals surface area contributed by atoms with Gasteiger partial charge in [0, 0.05) is 36.8 Å². The SMILES string of the molecule is O=C1CCC(n2cc(-c3cscc3OCc3ccc(CN4CCOCC4)cc3)nn2)C(=O)N1. The zero-order chi connectivity index (χ0) is 22.6. The molecule has 33 heavy (non-hydrogen) atoms. The van der Waals surface area contributed by atoms with Gasteiger partial charge in [0.1, 0.15) is 24.1 Å². The molecule has 1 aromatic carbocycles. The van der Waals surface area contributed by atoms with Gasteiger partial charge in [-0.15, -0.1) is 16.4 Å². The third-order valence-corrected chi connectivity index (χ3v) is 6.59. The van der Waals surface area contributed by atoms with Gasteiger partial charge in [0.2, 0.25) is 5.91 Å². The second-order valence-corrected chi connectivity index (χ2v) is 8.94. The average Bonchev–Trinajstić information content (AvgIpc) is 3.49. The minimum Gasteiger partial charge on any atom is -0.487 e. The highest BCUT2D eigenvalue weighted by molar-refractivity contribution is 7.08. The Morgan fingerprint density at radius 1 is 1.12 bits per heavy atom. The van der Waals surface area contributed by atoms with Crippen molar-refractivity contribution in [2.24, 2.45) is 0 Å². The number of piperidine rings is 1. The first-order valence-corrected chi connectivity index (χ1v) is 11.9. The zero-order valence-electron chi connectivity index (χ0n) is 18.1. The van der Waals surface area contributed by atoms with Gasteiger partial charge in [-0.25, -0.2) is 4.68 Å². The molecule has 1 N–H and O–H groups in total. The number of carbonyl (C=O) groups excluding carboxylic acids is 2. The number of morpholine rings is 1. The van der Waals surface area contributed by atoms with E-state index in [0.29, 0.717) is 25.1 Å². The van der Waals surface area contributed by atoms with E-state index in [2.05, 4.69) is 44.8 Å². The lowest BCUT2D eigenvalue weighted by Crippen LogP contribution is -2.41. The molecule has 1 atom stereocenters. The van der Waals surface area contributed by atoms with Gasteiger partial charge in [0.15, 0.2) is 0 Å². The van der Waals surface area contributed by atoms with Crippen molar-refractivity contribution >= 4 is 23.2 Å². The number of hydrogen-bond donors (Lipinski definition) is 1. The molecule has 2 amide bonds. The van der Waals surface area contributed by atoms with Gasteiger partial charge in [-0.1, -0.05) is 29.5 Å². The number of rotatable bonds is 7. The maximum atomic E-state index is 12.1. The second kappa shape index (κ2) is 9.82. The summed E-state index contributed by atoms with van der Waals surface area (Å²) < 4.78 is 13.0. The molecule has 10 heteroatoms. The van der Waals surface area contributed by atoms with Crippen molar-refractivity contribution in [2.75, 3.05) is 26.3 Å². The third-order valence-electron chi connectivity index (χ3n) is 5.87. The number of nitrogens with one attached hydrogen (secondary N) is 1. The van der Waals surface area contributed by atoms with Crippen molar-refractivity contribution in [2.45, 2.75) is 32.0 Å². The smallest absolute Gasteiger partial charge is 0.251 e. The summed E-state index contributed by atoms with van der Waals surface area (Å²) >= 11 is 1.52. The fraction of sp³-hybridized carbons (Fsp3) is 0.391. The second-order valence-electron chi connectivity index (χ2n) is 8.19. The summed E-state index contributed by atoms with van der Waals surface area (Å²) in [4.78, 5) is 25.9. The van der Waals surface area contributed by atoms with E-state index in [-0.39, 0.29) is 11.8 Å². The normalized spacial score (nSPS) is 19.5. The lowest BCUT2D eigenvalue weighted by atomic mass is 10.1. The Bertz CT molecular complexity index is 1120. The van der Waals surface area contributed by atoms with Crippen LogP contribution in [-0.4, -0.2) is 58.0 Å². The largest absolute Gasteiger partial charge is 0.487 e. The van der Waals surface area contributed by atoms with Crippen LogP contribution < -0.4 is 10.1 Å². The molecule has 0 saturated carbocycles. The Kier molecular flexibility index (Phi) is 6.47. The minimum absolute atomic E-state index is 0.251. The fourth-order valence-corrected chi connectivity index (χ4v) is 4.75. The van der Waals surface area contributed by atoms with E-state index in [4.69, 9.17) is 9.47 Å². The summed E-state index contributed by atoms with van der Waals surface area (Å²) in [6, 6.07) is 7.97. The first kappa shape index (κ1) is 21.7. The Morgan fingerprint density at radius 3 is 2.70 bits per heavy atom. The molecular weight excluding hydrogens is 442 g/mol. The molecule has 1 unspecified atom stereocenters. The molecule has 3 aromatic rings. The summed E-state index contributed by atoms with van der Waals surface area (Å²) in [6.45, 7) is 4.93. The van der Waals surface area contributed by atoms with E-state index in [1.807, 2.05) is 10.8 Å². The van der Waals surface area contributed by atoms with E-state index < -0.39 is 6.04 Å². The van der Waals surface area contributed by atoms with Gasteiger partial charge in [-0.3, -0.25) is 19.8 Å². The highest BCUT2D eigenvalue weighted by Crippen LogP contribution is 2.33. The molecule has 0 spiro atoms. The van der Waals surface area contributed by atoms with Gasteiger partial charge in [0.05, 0.1) is 25.0 Å². The number of nitrogens with zero attached hydrogens (tertiary/aromatic N) is 4. The summed E-state index contributed by atoms with van der Waals surface area (Å²) in [5.41, 5.74) is 3.84. The van der Waals surface area contributed by atoms with Gasteiger partial charge in [-0.05, 0) is 17.5 Å². The monoisotopic (exact) mass is 467 g/mol. The van der Waals surface area contributed by atoms with Crippen LogP contribution in [0.4, 0.5) is 0 Å². The molecule has 5 rings (SSSR count). The number of imide groups is 1. The van der Waals surface area contributed by atoms with Crippen LogP contribution in [0.3, 0.4) is 0 Å². The fourth-order valence-electron chi connectivity index (χ4n) is 3.99. The third kappa shape index (κ3) is 5.13. The number of benzene rings is 1. The average molecular weight is 468 g/mol. The molecule has 172 valence electrons. The van der Waals surface area contributed by atoms with Crippen molar-refractivity contribution in [3.63, 3.8) is 0 Å². The molecule has 2 saturated heterocycles. The van der Waals surface area contributed by atoms with Crippen LogP contribution in [0, 0.1) is 0 Å². The Hall–Kier alpha value is -3.08. The predicted octanol–water partition coefficient (Wildman–Crippen LogP) is 2.40. The van der Waals surface area contributed by atoms with Crippen LogP contribution in [0.5, 0.6) is 5.75 Å². The highest BCUT2D eigenvalue weighted by Gasteiger charge is 2.29. The van der Waals surface area contributed by atoms with Gasteiger partial charge in [0.25, 0.3) is 5.91 Å². The lowest BCUT2D eigenvalue weighted by Gasteiger charge is -2.26. The van der Waals surface area contributed by atoms with Crippen LogP contribution in [-0.2, 0) is 27.5 Å². The molecule has 0 bridgehead atoms. The number of amides is 2. The predicted molar refractivity (Wildman–Crippen MR) is 122 cm³/mol. The molecular formula is C23H25N5O4S. The molecule has 0 radical (unpaired) electrons. The molecule has 2 aliphatic rings. The number of thiophene rings is 1. The van der Waals surface area contributed by atoms with E-state index in [1.165, 1.54) is 21.6 Å². The molecule has 2 fully saturated rings. The topological polar surface area (TPSA) is 98.6 Å².